The van der Waals surface area contributed by atoms with E-state index in [0.717, 1.165) is 56.2 Å². The largest absolute Gasteiger partial charge is 0.355 e. The number of amides is 1. The monoisotopic (exact) mass is 435 g/mol. The molecule has 1 saturated heterocycles. The Kier molecular flexibility index (Phi) is 6.99. The summed E-state index contributed by atoms with van der Waals surface area (Å²) in [6.07, 6.45) is 1.89. The first kappa shape index (κ1) is 22.2. The van der Waals surface area contributed by atoms with Crippen LogP contribution in [0.4, 0.5) is 5.82 Å². The summed E-state index contributed by atoms with van der Waals surface area (Å²) in [5.74, 6) is 1.71. The van der Waals surface area contributed by atoms with Gasteiger partial charge in [-0.3, -0.25) is 4.79 Å². The zero-order chi connectivity index (χ0) is 22.5. The quantitative estimate of drug-likeness (QED) is 0.586. The molecule has 1 atom stereocenters. The molecule has 1 amide bonds. The summed E-state index contributed by atoms with van der Waals surface area (Å²) in [6, 6.07) is 12.1. The average molecular weight is 436 g/mol. The minimum atomic E-state index is -0.0181. The van der Waals surface area contributed by atoms with Gasteiger partial charge in [0.25, 0.3) is 0 Å². The fourth-order valence-corrected chi connectivity index (χ4v) is 4.25. The topological polar surface area (TPSA) is 78.7 Å². The van der Waals surface area contributed by atoms with Crippen molar-refractivity contribution in [3.63, 3.8) is 0 Å². The number of benzene rings is 1. The van der Waals surface area contributed by atoms with Crippen LogP contribution >= 0.6 is 0 Å². The molecule has 1 N–H and O–H groups in total. The minimum absolute atomic E-state index is 0.0181. The Bertz CT molecular complexity index is 1040. The van der Waals surface area contributed by atoms with E-state index in [4.69, 9.17) is 5.10 Å². The molecule has 4 rings (SSSR count). The molecular formula is C24H33N7O. The number of fused-ring (bicyclic) bond motifs is 1. The van der Waals surface area contributed by atoms with Gasteiger partial charge in [-0.2, -0.15) is 4.52 Å². The Morgan fingerprint density at radius 2 is 1.91 bits per heavy atom. The molecule has 0 radical (unpaired) electrons. The van der Waals surface area contributed by atoms with Gasteiger partial charge in [-0.1, -0.05) is 43.7 Å². The van der Waals surface area contributed by atoms with Crippen LogP contribution in [0.5, 0.6) is 0 Å². The van der Waals surface area contributed by atoms with Crippen molar-refractivity contribution in [2.45, 2.75) is 33.6 Å². The number of rotatable bonds is 8. The van der Waals surface area contributed by atoms with Crippen LogP contribution in [0.2, 0.25) is 0 Å². The van der Waals surface area contributed by atoms with E-state index in [9.17, 15) is 4.79 Å². The fourth-order valence-electron chi connectivity index (χ4n) is 4.25. The van der Waals surface area contributed by atoms with E-state index in [1.54, 1.807) is 4.52 Å². The highest BCUT2D eigenvalue weighted by Crippen LogP contribution is 2.24. The van der Waals surface area contributed by atoms with Gasteiger partial charge in [0, 0.05) is 31.7 Å². The molecule has 1 unspecified atom stereocenters. The summed E-state index contributed by atoms with van der Waals surface area (Å²) in [5, 5.41) is 16.6. The molecule has 1 aliphatic heterocycles. The second-order valence-electron chi connectivity index (χ2n) is 8.45. The SMILES string of the molecule is CCN(CC)CCNC(=O)C1CCCN(c2ccc3nnc(-c4ccc(C)cc4)n3n2)C1. The van der Waals surface area contributed by atoms with Gasteiger partial charge in [-0.25, -0.2) is 0 Å². The van der Waals surface area contributed by atoms with Crippen molar-refractivity contribution in [3.05, 3.63) is 42.0 Å². The Morgan fingerprint density at radius 1 is 1.12 bits per heavy atom. The molecule has 8 heteroatoms. The number of carbonyl (C=O) groups is 1. The lowest BCUT2D eigenvalue weighted by molar-refractivity contribution is -0.125. The van der Waals surface area contributed by atoms with E-state index in [1.165, 1.54) is 5.56 Å². The molecule has 3 aromatic rings. The molecule has 32 heavy (non-hydrogen) atoms. The summed E-state index contributed by atoms with van der Waals surface area (Å²) in [6.45, 7) is 11.5. The average Bonchev–Trinajstić information content (AvgIpc) is 3.25. The molecule has 0 bridgehead atoms. The summed E-state index contributed by atoms with van der Waals surface area (Å²) >= 11 is 0. The number of nitrogens with one attached hydrogen (secondary N) is 1. The van der Waals surface area contributed by atoms with Gasteiger partial charge in [0.05, 0.1) is 5.92 Å². The Hall–Kier alpha value is -3.00. The van der Waals surface area contributed by atoms with Crippen molar-refractivity contribution in [1.29, 1.82) is 0 Å². The zero-order valence-corrected chi connectivity index (χ0v) is 19.3. The van der Waals surface area contributed by atoms with E-state index < -0.39 is 0 Å². The normalized spacial score (nSPS) is 16.6. The second kappa shape index (κ2) is 10.1. The van der Waals surface area contributed by atoms with E-state index >= 15 is 0 Å². The van der Waals surface area contributed by atoms with Gasteiger partial charge in [-0.15, -0.1) is 15.3 Å². The number of piperidine rings is 1. The zero-order valence-electron chi connectivity index (χ0n) is 19.3. The van der Waals surface area contributed by atoms with Crippen LogP contribution < -0.4 is 10.2 Å². The number of carbonyl (C=O) groups excluding carboxylic acids is 1. The summed E-state index contributed by atoms with van der Waals surface area (Å²) in [7, 11) is 0. The number of aromatic nitrogens is 4. The smallest absolute Gasteiger partial charge is 0.224 e. The number of nitrogens with zero attached hydrogens (tertiary/aromatic N) is 6. The number of likely N-dealkylation sites (N-methyl/N-ethyl adjacent to an activating group) is 1. The molecule has 3 heterocycles. The maximum absolute atomic E-state index is 12.8. The van der Waals surface area contributed by atoms with E-state index in [-0.39, 0.29) is 11.8 Å². The minimum Gasteiger partial charge on any atom is -0.355 e. The first-order chi connectivity index (χ1) is 15.6. The molecule has 1 fully saturated rings. The fraction of sp³-hybridized carbons (Fsp3) is 0.500. The Labute approximate surface area is 189 Å². The van der Waals surface area contributed by atoms with Crippen molar-refractivity contribution in [2.24, 2.45) is 5.92 Å². The molecule has 2 aromatic heterocycles. The molecule has 0 spiro atoms. The predicted molar refractivity (Wildman–Crippen MR) is 127 cm³/mol. The lowest BCUT2D eigenvalue weighted by atomic mass is 9.97. The highest BCUT2D eigenvalue weighted by molar-refractivity contribution is 5.79. The first-order valence-electron chi connectivity index (χ1n) is 11.6. The lowest BCUT2D eigenvalue weighted by Gasteiger charge is -2.33. The van der Waals surface area contributed by atoms with Crippen LogP contribution in [-0.4, -0.2) is 69.9 Å². The third-order valence-corrected chi connectivity index (χ3v) is 6.30. The van der Waals surface area contributed by atoms with Gasteiger partial charge in [0.2, 0.25) is 5.91 Å². The lowest BCUT2D eigenvalue weighted by Crippen LogP contribution is -2.45. The molecule has 1 aliphatic rings. The summed E-state index contributed by atoms with van der Waals surface area (Å²) in [5.41, 5.74) is 2.90. The standard InChI is InChI=1S/C24H33N7O/c1-4-29(5-2)16-14-25-24(32)20-7-6-15-30(17-20)22-13-12-21-26-27-23(31(21)28-22)19-10-8-18(3)9-11-19/h8-13,20H,4-7,14-17H2,1-3H3,(H,25,32). The summed E-state index contributed by atoms with van der Waals surface area (Å²) < 4.78 is 1.80. The number of aryl methyl sites for hydroxylation is 1. The Balaban J connectivity index is 1.46. The van der Waals surface area contributed by atoms with E-state index in [2.05, 4.69) is 58.2 Å². The molecule has 170 valence electrons. The van der Waals surface area contributed by atoms with E-state index in [1.807, 2.05) is 24.3 Å². The summed E-state index contributed by atoms with van der Waals surface area (Å²) in [4.78, 5) is 17.3. The predicted octanol–water partition coefficient (Wildman–Crippen LogP) is 2.77. The van der Waals surface area contributed by atoms with Crippen molar-refractivity contribution >= 4 is 17.4 Å². The Morgan fingerprint density at radius 3 is 2.66 bits per heavy atom. The van der Waals surface area contributed by atoms with Gasteiger partial charge in [0.1, 0.15) is 5.82 Å². The third-order valence-electron chi connectivity index (χ3n) is 6.30. The molecule has 0 saturated carbocycles. The number of anilines is 1. The second-order valence-corrected chi connectivity index (χ2v) is 8.45. The van der Waals surface area contributed by atoms with Crippen molar-refractivity contribution < 1.29 is 4.79 Å². The third kappa shape index (κ3) is 4.91. The highest BCUT2D eigenvalue weighted by Gasteiger charge is 2.27. The van der Waals surface area contributed by atoms with Crippen molar-refractivity contribution in [3.8, 4) is 11.4 Å². The number of hydrogen-bond acceptors (Lipinski definition) is 6. The maximum atomic E-state index is 12.8. The van der Waals surface area contributed by atoms with Gasteiger partial charge < -0.3 is 15.1 Å². The van der Waals surface area contributed by atoms with Crippen LogP contribution in [0.1, 0.15) is 32.3 Å². The van der Waals surface area contributed by atoms with Crippen molar-refractivity contribution in [1.82, 2.24) is 30.0 Å². The van der Waals surface area contributed by atoms with Crippen LogP contribution in [0, 0.1) is 12.8 Å². The molecular weight excluding hydrogens is 402 g/mol. The molecule has 8 nitrogen and oxygen atoms in total. The van der Waals surface area contributed by atoms with Crippen LogP contribution in [-0.2, 0) is 4.79 Å². The van der Waals surface area contributed by atoms with Crippen LogP contribution in [0.3, 0.4) is 0 Å². The van der Waals surface area contributed by atoms with Gasteiger partial charge in [0.15, 0.2) is 11.5 Å². The van der Waals surface area contributed by atoms with Crippen LogP contribution in [0.15, 0.2) is 36.4 Å². The number of hydrogen-bond donors (Lipinski definition) is 1. The maximum Gasteiger partial charge on any atom is 0.224 e. The van der Waals surface area contributed by atoms with Gasteiger partial charge >= 0.3 is 0 Å². The van der Waals surface area contributed by atoms with Gasteiger partial charge in [-0.05, 0) is 45.0 Å². The highest BCUT2D eigenvalue weighted by atomic mass is 16.1. The first-order valence-corrected chi connectivity index (χ1v) is 11.6. The van der Waals surface area contributed by atoms with Crippen molar-refractivity contribution in [2.75, 3.05) is 44.2 Å². The molecule has 0 aliphatic carbocycles. The molecule has 1 aromatic carbocycles. The van der Waals surface area contributed by atoms with Crippen LogP contribution in [0.25, 0.3) is 17.0 Å². The van der Waals surface area contributed by atoms with E-state index in [0.29, 0.717) is 18.7 Å².